The summed E-state index contributed by atoms with van der Waals surface area (Å²) in [4.78, 5) is 18.3. The standard InChI is InChI=1S/C15H15Cl2N3O/c1-9-4-3-5-11(19-9)8-20(2)15(21)10-6-12(16)14(17)13(18)7-10/h3-7H,8,18H2,1-2H3. The van der Waals surface area contributed by atoms with Crippen molar-refractivity contribution in [1.82, 2.24) is 9.88 Å². The van der Waals surface area contributed by atoms with E-state index in [1.54, 1.807) is 11.9 Å². The quantitative estimate of drug-likeness (QED) is 0.879. The number of carbonyl (C=O) groups is 1. The highest BCUT2D eigenvalue weighted by atomic mass is 35.5. The molecule has 0 bridgehead atoms. The summed E-state index contributed by atoms with van der Waals surface area (Å²) >= 11 is 11.8. The van der Waals surface area contributed by atoms with Crippen LogP contribution in [-0.2, 0) is 6.54 Å². The lowest BCUT2D eigenvalue weighted by Gasteiger charge is -2.17. The van der Waals surface area contributed by atoms with Crippen molar-refractivity contribution in [2.75, 3.05) is 12.8 Å². The average molecular weight is 324 g/mol. The van der Waals surface area contributed by atoms with Gasteiger partial charge in [-0.3, -0.25) is 9.78 Å². The predicted octanol–water partition coefficient (Wildman–Crippen LogP) is 3.55. The van der Waals surface area contributed by atoms with Crippen molar-refractivity contribution in [3.8, 4) is 0 Å². The number of aryl methyl sites for hydroxylation is 1. The van der Waals surface area contributed by atoms with E-state index in [9.17, 15) is 4.79 Å². The van der Waals surface area contributed by atoms with Gasteiger partial charge < -0.3 is 10.6 Å². The monoisotopic (exact) mass is 323 g/mol. The van der Waals surface area contributed by atoms with Crippen LogP contribution in [0.1, 0.15) is 21.7 Å². The molecule has 6 heteroatoms. The summed E-state index contributed by atoms with van der Waals surface area (Å²) in [7, 11) is 1.70. The molecular formula is C15H15Cl2N3O. The van der Waals surface area contributed by atoms with Gasteiger partial charge in [-0.1, -0.05) is 29.3 Å². The van der Waals surface area contributed by atoms with Crippen molar-refractivity contribution >= 4 is 34.8 Å². The summed E-state index contributed by atoms with van der Waals surface area (Å²) < 4.78 is 0. The first kappa shape index (κ1) is 15.6. The normalized spacial score (nSPS) is 10.5. The van der Waals surface area contributed by atoms with Gasteiger partial charge in [-0.05, 0) is 31.2 Å². The third-order valence-electron chi connectivity index (χ3n) is 3.00. The second kappa shape index (κ2) is 6.33. The highest BCUT2D eigenvalue weighted by Gasteiger charge is 2.15. The Morgan fingerprint density at radius 2 is 2.05 bits per heavy atom. The summed E-state index contributed by atoms with van der Waals surface area (Å²) in [5.74, 6) is -0.191. The van der Waals surface area contributed by atoms with Crippen LogP contribution in [0.5, 0.6) is 0 Å². The summed E-state index contributed by atoms with van der Waals surface area (Å²) in [6, 6.07) is 8.73. The molecule has 2 rings (SSSR count). The molecule has 0 aliphatic carbocycles. The Morgan fingerprint density at radius 1 is 1.33 bits per heavy atom. The lowest BCUT2D eigenvalue weighted by Crippen LogP contribution is -2.26. The zero-order valence-corrected chi connectivity index (χ0v) is 13.2. The van der Waals surface area contributed by atoms with Gasteiger partial charge in [0.2, 0.25) is 0 Å². The van der Waals surface area contributed by atoms with Crippen LogP contribution in [0.15, 0.2) is 30.3 Å². The van der Waals surface area contributed by atoms with E-state index in [0.29, 0.717) is 12.1 Å². The highest BCUT2D eigenvalue weighted by molar-refractivity contribution is 6.43. The van der Waals surface area contributed by atoms with Crippen LogP contribution in [0, 0.1) is 6.92 Å². The van der Waals surface area contributed by atoms with Gasteiger partial charge >= 0.3 is 0 Å². The molecule has 1 aromatic heterocycles. The first-order chi connectivity index (χ1) is 9.88. The number of nitrogens with zero attached hydrogens (tertiary/aromatic N) is 2. The molecule has 2 N–H and O–H groups in total. The number of halogens is 2. The van der Waals surface area contributed by atoms with E-state index in [4.69, 9.17) is 28.9 Å². The van der Waals surface area contributed by atoms with E-state index < -0.39 is 0 Å². The Morgan fingerprint density at radius 3 is 2.67 bits per heavy atom. The minimum Gasteiger partial charge on any atom is -0.397 e. The van der Waals surface area contributed by atoms with Crippen molar-refractivity contribution in [3.63, 3.8) is 0 Å². The van der Waals surface area contributed by atoms with E-state index in [2.05, 4.69) is 4.98 Å². The third-order valence-corrected chi connectivity index (χ3v) is 3.81. The number of carbonyl (C=O) groups excluding carboxylic acids is 1. The minimum atomic E-state index is -0.191. The molecule has 1 heterocycles. The smallest absolute Gasteiger partial charge is 0.254 e. The van der Waals surface area contributed by atoms with Crippen molar-refractivity contribution in [1.29, 1.82) is 0 Å². The van der Waals surface area contributed by atoms with E-state index >= 15 is 0 Å². The first-order valence-electron chi connectivity index (χ1n) is 6.31. The molecule has 110 valence electrons. The zero-order valence-electron chi connectivity index (χ0n) is 11.7. The molecule has 21 heavy (non-hydrogen) atoms. The lowest BCUT2D eigenvalue weighted by molar-refractivity contribution is 0.0783. The Balaban J connectivity index is 2.20. The summed E-state index contributed by atoms with van der Waals surface area (Å²) in [5.41, 5.74) is 8.15. The number of hydrogen-bond acceptors (Lipinski definition) is 3. The number of nitrogens with two attached hydrogens (primary N) is 1. The van der Waals surface area contributed by atoms with Crippen LogP contribution in [-0.4, -0.2) is 22.8 Å². The third kappa shape index (κ3) is 3.65. The van der Waals surface area contributed by atoms with Crippen molar-refractivity contribution in [3.05, 3.63) is 57.3 Å². The van der Waals surface area contributed by atoms with Gasteiger partial charge in [0.15, 0.2) is 0 Å². The molecule has 0 aliphatic rings. The number of pyridine rings is 1. The van der Waals surface area contributed by atoms with Crippen LogP contribution < -0.4 is 5.73 Å². The Labute approximate surface area is 133 Å². The molecule has 0 radical (unpaired) electrons. The Bertz CT molecular complexity index is 665. The fourth-order valence-corrected chi connectivity index (χ4v) is 2.29. The molecule has 1 aromatic carbocycles. The molecule has 0 fully saturated rings. The first-order valence-corrected chi connectivity index (χ1v) is 7.06. The Kier molecular flexibility index (Phi) is 4.70. The molecule has 0 unspecified atom stereocenters. The van der Waals surface area contributed by atoms with Crippen LogP contribution in [0.4, 0.5) is 5.69 Å². The minimum absolute atomic E-state index is 0.191. The maximum Gasteiger partial charge on any atom is 0.254 e. The number of rotatable bonds is 3. The highest BCUT2D eigenvalue weighted by Crippen LogP contribution is 2.29. The van der Waals surface area contributed by atoms with Gasteiger partial charge in [-0.15, -0.1) is 0 Å². The molecule has 0 atom stereocenters. The van der Waals surface area contributed by atoms with Crippen molar-refractivity contribution in [2.45, 2.75) is 13.5 Å². The van der Waals surface area contributed by atoms with E-state index in [0.717, 1.165) is 11.4 Å². The van der Waals surface area contributed by atoms with Gasteiger partial charge in [0.1, 0.15) is 0 Å². The average Bonchev–Trinajstić information content (AvgIpc) is 2.43. The van der Waals surface area contributed by atoms with Crippen LogP contribution in [0.3, 0.4) is 0 Å². The molecule has 4 nitrogen and oxygen atoms in total. The summed E-state index contributed by atoms with van der Waals surface area (Å²) in [6.45, 7) is 2.31. The fraction of sp³-hybridized carbons (Fsp3) is 0.200. The molecule has 0 saturated heterocycles. The number of benzene rings is 1. The van der Waals surface area contributed by atoms with Gasteiger partial charge in [0.25, 0.3) is 5.91 Å². The van der Waals surface area contributed by atoms with Gasteiger partial charge in [-0.2, -0.15) is 0 Å². The lowest BCUT2D eigenvalue weighted by atomic mass is 10.1. The van der Waals surface area contributed by atoms with Crippen LogP contribution >= 0.6 is 23.2 Å². The Hall–Kier alpha value is -1.78. The number of anilines is 1. The second-order valence-electron chi connectivity index (χ2n) is 4.79. The molecule has 0 saturated carbocycles. The van der Waals surface area contributed by atoms with Crippen molar-refractivity contribution in [2.24, 2.45) is 0 Å². The molecular weight excluding hydrogens is 309 g/mol. The number of aromatic nitrogens is 1. The van der Waals surface area contributed by atoms with E-state index in [1.165, 1.54) is 12.1 Å². The number of hydrogen-bond donors (Lipinski definition) is 1. The number of nitrogen functional groups attached to an aromatic ring is 1. The maximum atomic E-state index is 12.4. The zero-order chi connectivity index (χ0) is 15.6. The SMILES string of the molecule is Cc1cccc(CN(C)C(=O)c2cc(N)c(Cl)c(Cl)c2)n1. The van der Waals surface area contributed by atoms with Gasteiger partial charge in [-0.25, -0.2) is 0 Å². The molecule has 1 amide bonds. The van der Waals surface area contributed by atoms with Crippen LogP contribution in [0.2, 0.25) is 10.0 Å². The van der Waals surface area contributed by atoms with Gasteiger partial charge in [0, 0.05) is 18.3 Å². The van der Waals surface area contributed by atoms with E-state index in [1.807, 2.05) is 25.1 Å². The molecule has 0 spiro atoms. The van der Waals surface area contributed by atoms with Gasteiger partial charge in [0.05, 0.1) is 28.0 Å². The molecule has 2 aromatic rings. The largest absolute Gasteiger partial charge is 0.397 e. The second-order valence-corrected chi connectivity index (χ2v) is 5.58. The molecule has 0 aliphatic heterocycles. The topological polar surface area (TPSA) is 59.2 Å². The summed E-state index contributed by atoms with van der Waals surface area (Å²) in [6.07, 6.45) is 0. The van der Waals surface area contributed by atoms with E-state index in [-0.39, 0.29) is 21.6 Å². The number of amides is 1. The van der Waals surface area contributed by atoms with Crippen molar-refractivity contribution < 1.29 is 4.79 Å². The fourth-order valence-electron chi connectivity index (χ4n) is 1.96. The predicted molar refractivity (Wildman–Crippen MR) is 85.6 cm³/mol. The maximum absolute atomic E-state index is 12.4. The van der Waals surface area contributed by atoms with Crippen LogP contribution in [0.25, 0.3) is 0 Å². The summed E-state index contributed by atoms with van der Waals surface area (Å²) in [5, 5.41) is 0.526.